The van der Waals surface area contributed by atoms with Crippen LogP contribution in [0.25, 0.3) is 0 Å². The van der Waals surface area contributed by atoms with Crippen molar-refractivity contribution in [2.45, 2.75) is 31.8 Å². The molecule has 20 heavy (non-hydrogen) atoms. The van der Waals surface area contributed by atoms with Gasteiger partial charge in [0.1, 0.15) is 12.2 Å². The topological polar surface area (TPSA) is 122 Å². The molecule has 0 bridgehead atoms. The zero-order valence-corrected chi connectivity index (χ0v) is 11.0. The van der Waals surface area contributed by atoms with E-state index in [2.05, 4.69) is 36.0 Å². The van der Waals surface area contributed by atoms with E-state index in [1.807, 2.05) is 0 Å². The lowest BCUT2D eigenvalue weighted by molar-refractivity contribution is 0.0925. The number of hydrogen-bond donors (Lipinski definition) is 3. The molecule has 2 aromatic rings. The Hall–Kier alpha value is -2.29. The third-order valence-corrected chi connectivity index (χ3v) is 3.19. The van der Waals surface area contributed by atoms with Gasteiger partial charge >= 0.3 is 0 Å². The van der Waals surface area contributed by atoms with Crippen LogP contribution in [-0.4, -0.2) is 37.8 Å². The van der Waals surface area contributed by atoms with Crippen LogP contribution >= 0.6 is 0 Å². The fourth-order valence-corrected chi connectivity index (χ4v) is 2.12. The third-order valence-electron chi connectivity index (χ3n) is 3.19. The van der Waals surface area contributed by atoms with Gasteiger partial charge in [-0.25, -0.2) is 4.98 Å². The molecule has 1 aliphatic heterocycles. The van der Waals surface area contributed by atoms with Gasteiger partial charge in [-0.15, -0.1) is 0 Å². The second-order valence-corrected chi connectivity index (χ2v) is 4.67. The normalized spacial score (nSPS) is 19.9. The van der Waals surface area contributed by atoms with E-state index >= 15 is 0 Å². The van der Waals surface area contributed by atoms with Gasteiger partial charge in [0.05, 0.1) is 12.1 Å². The highest BCUT2D eigenvalue weighted by molar-refractivity contribution is 5.90. The molecule has 2 unspecified atom stereocenters. The van der Waals surface area contributed by atoms with Crippen molar-refractivity contribution in [3.63, 3.8) is 0 Å². The van der Waals surface area contributed by atoms with Gasteiger partial charge in [0, 0.05) is 0 Å². The monoisotopic (exact) mass is 277 g/mol. The molecule has 2 aromatic heterocycles. The van der Waals surface area contributed by atoms with Crippen LogP contribution in [0.15, 0.2) is 10.9 Å². The molecule has 9 heteroatoms. The predicted molar refractivity (Wildman–Crippen MR) is 66.5 cm³/mol. The molecule has 0 aromatic carbocycles. The van der Waals surface area contributed by atoms with Gasteiger partial charge in [0.15, 0.2) is 0 Å². The van der Waals surface area contributed by atoms with Crippen LogP contribution in [0, 0.1) is 0 Å². The first-order valence-corrected chi connectivity index (χ1v) is 6.47. The van der Waals surface area contributed by atoms with E-state index in [0.717, 1.165) is 19.4 Å². The van der Waals surface area contributed by atoms with Crippen molar-refractivity contribution in [2.75, 3.05) is 6.54 Å². The largest absolute Gasteiger partial charge is 0.339 e. The number of carbonyl (C=O) groups is 1. The van der Waals surface area contributed by atoms with Crippen molar-refractivity contribution in [3.05, 3.63) is 23.9 Å². The highest BCUT2D eigenvalue weighted by Crippen LogP contribution is 2.21. The summed E-state index contributed by atoms with van der Waals surface area (Å²) in [6.45, 7) is 2.72. The van der Waals surface area contributed by atoms with Crippen LogP contribution in [0.3, 0.4) is 0 Å². The number of aromatic amines is 1. The van der Waals surface area contributed by atoms with Crippen molar-refractivity contribution in [2.24, 2.45) is 0 Å². The van der Waals surface area contributed by atoms with Crippen molar-refractivity contribution < 1.29 is 9.32 Å². The van der Waals surface area contributed by atoms with Gasteiger partial charge in [-0.2, -0.15) is 10.1 Å². The van der Waals surface area contributed by atoms with Crippen molar-refractivity contribution in [1.82, 2.24) is 36.0 Å². The summed E-state index contributed by atoms with van der Waals surface area (Å²) in [5, 5.41) is 16.1. The van der Waals surface area contributed by atoms with E-state index in [9.17, 15) is 4.79 Å². The molecule has 0 spiro atoms. The highest BCUT2D eigenvalue weighted by atomic mass is 16.5. The first-order valence-electron chi connectivity index (χ1n) is 6.47. The summed E-state index contributed by atoms with van der Waals surface area (Å²) in [4.78, 5) is 20.1. The van der Waals surface area contributed by atoms with Gasteiger partial charge in [-0.3, -0.25) is 9.89 Å². The average Bonchev–Trinajstić information content (AvgIpc) is 3.19. The molecule has 0 aliphatic carbocycles. The molecule has 3 rings (SSSR count). The molecular formula is C11H15N7O2. The number of amides is 1. The molecule has 1 fully saturated rings. The highest BCUT2D eigenvalue weighted by Gasteiger charge is 2.25. The Morgan fingerprint density at radius 1 is 1.60 bits per heavy atom. The Labute approximate surface area is 114 Å². The molecule has 1 aliphatic rings. The van der Waals surface area contributed by atoms with Crippen LogP contribution < -0.4 is 10.6 Å². The van der Waals surface area contributed by atoms with Crippen molar-refractivity contribution in [1.29, 1.82) is 0 Å². The second kappa shape index (κ2) is 5.37. The second-order valence-electron chi connectivity index (χ2n) is 4.67. The van der Waals surface area contributed by atoms with Crippen LogP contribution in [0.4, 0.5) is 0 Å². The van der Waals surface area contributed by atoms with E-state index in [1.54, 1.807) is 6.92 Å². The molecule has 9 nitrogen and oxygen atoms in total. The Morgan fingerprint density at radius 2 is 2.50 bits per heavy atom. The third kappa shape index (κ3) is 2.52. The van der Waals surface area contributed by atoms with Crippen LogP contribution in [0.1, 0.15) is 54.2 Å². The fraction of sp³-hybridized carbons (Fsp3) is 0.545. The molecule has 3 N–H and O–H groups in total. The molecule has 3 heterocycles. The lowest BCUT2D eigenvalue weighted by Crippen LogP contribution is -2.28. The average molecular weight is 277 g/mol. The minimum Gasteiger partial charge on any atom is -0.339 e. The first-order chi connectivity index (χ1) is 9.74. The number of nitrogens with zero attached hydrogens (tertiary/aromatic N) is 4. The molecule has 1 saturated heterocycles. The minimum atomic E-state index is -0.401. The van der Waals surface area contributed by atoms with E-state index in [4.69, 9.17) is 4.52 Å². The van der Waals surface area contributed by atoms with Gasteiger partial charge in [0.2, 0.25) is 5.89 Å². The standard InChI is InChI=1S/C11H15N7O2/c1-6(8-13-5-14-17-8)15-10(19)9-16-11(20-18-9)7-3-2-4-12-7/h5-7,12H,2-4H2,1H3,(H,15,19)(H,13,14,17). The maximum atomic E-state index is 12.0. The summed E-state index contributed by atoms with van der Waals surface area (Å²) in [5.41, 5.74) is 0. The smallest absolute Gasteiger partial charge is 0.293 e. The Bertz CT molecular complexity index is 573. The summed E-state index contributed by atoms with van der Waals surface area (Å²) in [5.74, 6) is 0.654. The molecule has 2 atom stereocenters. The Kier molecular flexibility index (Phi) is 3.42. The molecule has 106 valence electrons. The zero-order valence-electron chi connectivity index (χ0n) is 11.0. The minimum absolute atomic E-state index is 0.0278. The van der Waals surface area contributed by atoms with Crippen LogP contribution in [0.2, 0.25) is 0 Å². The maximum absolute atomic E-state index is 12.0. The quantitative estimate of drug-likeness (QED) is 0.724. The number of rotatable bonds is 4. The number of aromatic nitrogens is 5. The van der Waals surface area contributed by atoms with Gasteiger partial charge in [-0.05, 0) is 26.3 Å². The summed E-state index contributed by atoms with van der Waals surface area (Å²) in [6.07, 6.45) is 3.39. The molecule has 1 amide bonds. The molecule has 0 saturated carbocycles. The maximum Gasteiger partial charge on any atom is 0.293 e. The van der Waals surface area contributed by atoms with E-state index in [0.29, 0.717) is 11.7 Å². The Morgan fingerprint density at radius 3 is 3.20 bits per heavy atom. The number of H-pyrrole nitrogens is 1. The zero-order chi connectivity index (χ0) is 13.9. The van der Waals surface area contributed by atoms with Gasteiger partial charge < -0.3 is 15.2 Å². The predicted octanol–water partition coefficient (Wildman–Crippen LogP) is 0.103. The van der Waals surface area contributed by atoms with E-state index in [-0.39, 0.29) is 17.9 Å². The van der Waals surface area contributed by atoms with Gasteiger partial charge in [-0.1, -0.05) is 5.16 Å². The number of nitrogens with one attached hydrogen (secondary N) is 3. The summed E-state index contributed by atoms with van der Waals surface area (Å²) >= 11 is 0. The van der Waals surface area contributed by atoms with Crippen LogP contribution in [-0.2, 0) is 0 Å². The van der Waals surface area contributed by atoms with Crippen molar-refractivity contribution >= 4 is 5.91 Å². The first kappa shape index (κ1) is 12.7. The molecule has 0 radical (unpaired) electrons. The summed E-state index contributed by atoms with van der Waals surface area (Å²) in [6, 6.07) is -0.257. The summed E-state index contributed by atoms with van der Waals surface area (Å²) in [7, 11) is 0. The molecular weight excluding hydrogens is 262 g/mol. The number of hydrogen-bond acceptors (Lipinski definition) is 7. The van der Waals surface area contributed by atoms with Crippen molar-refractivity contribution in [3.8, 4) is 0 Å². The van der Waals surface area contributed by atoms with E-state index < -0.39 is 5.91 Å². The fourth-order valence-electron chi connectivity index (χ4n) is 2.12. The Balaban J connectivity index is 1.65. The number of carbonyl (C=O) groups excluding carboxylic acids is 1. The lowest BCUT2D eigenvalue weighted by Gasteiger charge is -2.08. The van der Waals surface area contributed by atoms with Crippen LogP contribution in [0.5, 0.6) is 0 Å². The SMILES string of the molecule is CC(NC(=O)c1noc(C2CCCN2)n1)c1ncn[nH]1. The summed E-state index contributed by atoms with van der Waals surface area (Å²) < 4.78 is 5.12. The van der Waals surface area contributed by atoms with Gasteiger partial charge in [0.25, 0.3) is 11.7 Å². The van der Waals surface area contributed by atoms with E-state index in [1.165, 1.54) is 6.33 Å². The lowest BCUT2D eigenvalue weighted by atomic mass is 10.2.